The minimum Gasteiger partial charge on any atom is -0.496 e. The number of fused-ring (bicyclic) bond motifs is 1. The first-order valence-electron chi connectivity index (χ1n) is 6.82. The Hall–Kier alpha value is -2.51. The fourth-order valence-corrected chi connectivity index (χ4v) is 2.73. The molecular weight excluding hydrogens is 298 g/mol. The molecule has 0 N–H and O–H groups in total. The van der Waals surface area contributed by atoms with Gasteiger partial charge in [-0.2, -0.15) is 5.26 Å². The van der Waals surface area contributed by atoms with Crippen LogP contribution in [0.2, 0.25) is 5.02 Å². The minimum absolute atomic E-state index is 0.266. The summed E-state index contributed by atoms with van der Waals surface area (Å²) in [5, 5.41) is 9.74. The summed E-state index contributed by atoms with van der Waals surface area (Å²) in [6.07, 6.45) is 2.05. The van der Waals surface area contributed by atoms with Gasteiger partial charge in [0.25, 0.3) is 0 Å². The van der Waals surface area contributed by atoms with Crippen molar-refractivity contribution in [2.45, 2.75) is 13.3 Å². The van der Waals surface area contributed by atoms with Gasteiger partial charge >= 0.3 is 0 Å². The summed E-state index contributed by atoms with van der Waals surface area (Å²) in [7, 11) is 1.65. The van der Waals surface area contributed by atoms with E-state index in [0.717, 1.165) is 33.9 Å². The van der Waals surface area contributed by atoms with E-state index in [1.807, 2.05) is 35.6 Å². The second-order valence-corrected chi connectivity index (χ2v) is 5.44. The molecular formula is C17H14ClN3O. The van der Waals surface area contributed by atoms with E-state index >= 15 is 0 Å². The predicted octanol–water partition coefficient (Wildman–Crippen LogP) is 4.04. The zero-order valence-electron chi connectivity index (χ0n) is 12.3. The quantitative estimate of drug-likeness (QED) is 0.733. The van der Waals surface area contributed by atoms with E-state index in [2.05, 4.69) is 11.1 Å². The number of nitriles is 1. The van der Waals surface area contributed by atoms with Crippen molar-refractivity contribution in [1.82, 2.24) is 9.38 Å². The molecule has 0 amide bonds. The lowest BCUT2D eigenvalue weighted by molar-refractivity contribution is 0.412. The molecule has 0 unspecified atom stereocenters. The molecule has 0 aliphatic rings. The Morgan fingerprint density at radius 1 is 1.32 bits per heavy atom. The largest absolute Gasteiger partial charge is 0.496 e. The molecule has 0 aliphatic carbocycles. The zero-order chi connectivity index (χ0) is 15.7. The maximum atomic E-state index is 9.13. The van der Waals surface area contributed by atoms with Gasteiger partial charge in [0, 0.05) is 11.8 Å². The van der Waals surface area contributed by atoms with Crippen molar-refractivity contribution in [1.29, 1.82) is 5.26 Å². The number of aromatic nitrogens is 2. The maximum Gasteiger partial charge on any atom is 0.137 e. The number of hydrogen-bond acceptors (Lipinski definition) is 3. The first-order chi connectivity index (χ1) is 10.6. The zero-order valence-corrected chi connectivity index (χ0v) is 13.1. The van der Waals surface area contributed by atoms with Crippen LogP contribution in [0.4, 0.5) is 0 Å². The molecule has 0 bridgehead atoms. The molecule has 0 saturated carbocycles. The molecule has 110 valence electrons. The van der Waals surface area contributed by atoms with Crippen molar-refractivity contribution in [2.24, 2.45) is 0 Å². The van der Waals surface area contributed by atoms with Crippen LogP contribution < -0.4 is 4.74 Å². The Labute approximate surface area is 133 Å². The molecule has 3 aromatic rings. The van der Waals surface area contributed by atoms with Crippen LogP contribution in [0.5, 0.6) is 5.75 Å². The summed E-state index contributed by atoms with van der Waals surface area (Å²) in [6, 6.07) is 11.7. The van der Waals surface area contributed by atoms with E-state index in [0.29, 0.717) is 5.02 Å². The Morgan fingerprint density at radius 2 is 2.14 bits per heavy atom. The molecule has 0 spiro atoms. The standard InChI is InChI=1S/C17H14ClN3O/c1-11-9-12(3-5-15(11)22-2)17-14(7-8-19)21-10-13(18)4-6-16(21)20-17/h3-6,9-10H,7H2,1-2H3. The Kier molecular flexibility index (Phi) is 3.74. The monoisotopic (exact) mass is 311 g/mol. The number of pyridine rings is 1. The molecule has 0 radical (unpaired) electrons. The van der Waals surface area contributed by atoms with Gasteiger partial charge in [0.2, 0.25) is 0 Å². The number of hydrogen-bond donors (Lipinski definition) is 0. The lowest BCUT2D eigenvalue weighted by Gasteiger charge is -2.07. The Balaban J connectivity index is 2.24. The molecule has 2 aromatic heterocycles. The third-order valence-corrected chi connectivity index (χ3v) is 3.82. The smallest absolute Gasteiger partial charge is 0.137 e. The fraction of sp³-hybridized carbons (Fsp3) is 0.176. The highest BCUT2D eigenvalue weighted by Crippen LogP contribution is 2.29. The van der Waals surface area contributed by atoms with Gasteiger partial charge in [0.1, 0.15) is 11.4 Å². The van der Waals surface area contributed by atoms with Crippen LogP contribution >= 0.6 is 11.6 Å². The molecule has 4 nitrogen and oxygen atoms in total. The van der Waals surface area contributed by atoms with E-state index in [9.17, 15) is 0 Å². The van der Waals surface area contributed by atoms with Crippen LogP contribution in [0.3, 0.4) is 0 Å². The molecule has 5 heteroatoms. The van der Waals surface area contributed by atoms with Crippen molar-refractivity contribution in [3.63, 3.8) is 0 Å². The van der Waals surface area contributed by atoms with E-state index < -0.39 is 0 Å². The van der Waals surface area contributed by atoms with Gasteiger partial charge in [0.05, 0.1) is 36.0 Å². The molecule has 3 rings (SSSR count). The summed E-state index contributed by atoms with van der Waals surface area (Å²) >= 11 is 6.06. The molecule has 1 aromatic carbocycles. The highest BCUT2D eigenvalue weighted by Gasteiger charge is 2.15. The second-order valence-electron chi connectivity index (χ2n) is 5.00. The lowest BCUT2D eigenvalue weighted by Crippen LogP contribution is -1.94. The van der Waals surface area contributed by atoms with Crippen LogP contribution in [0.25, 0.3) is 16.9 Å². The average molecular weight is 312 g/mol. The number of nitrogens with zero attached hydrogens (tertiary/aromatic N) is 3. The highest BCUT2D eigenvalue weighted by atomic mass is 35.5. The van der Waals surface area contributed by atoms with E-state index in [4.69, 9.17) is 21.6 Å². The van der Waals surface area contributed by atoms with Crippen LogP contribution in [-0.2, 0) is 6.42 Å². The van der Waals surface area contributed by atoms with Gasteiger partial charge in [0.15, 0.2) is 0 Å². The van der Waals surface area contributed by atoms with Crippen molar-refractivity contribution in [3.05, 3.63) is 52.8 Å². The van der Waals surface area contributed by atoms with E-state index in [-0.39, 0.29) is 6.42 Å². The van der Waals surface area contributed by atoms with Gasteiger partial charge in [-0.1, -0.05) is 11.6 Å². The third-order valence-electron chi connectivity index (χ3n) is 3.60. The van der Waals surface area contributed by atoms with Gasteiger partial charge in [-0.3, -0.25) is 0 Å². The molecule has 0 saturated heterocycles. The number of rotatable bonds is 3. The first-order valence-corrected chi connectivity index (χ1v) is 7.20. The van der Waals surface area contributed by atoms with Gasteiger partial charge in [-0.15, -0.1) is 0 Å². The van der Waals surface area contributed by atoms with Crippen LogP contribution in [-0.4, -0.2) is 16.5 Å². The second kappa shape index (κ2) is 5.70. The number of aryl methyl sites for hydroxylation is 1. The van der Waals surface area contributed by atoms with Crippen molar-refractivity contribution in [2.75, 3.05) is 7.11 Å². The van der Waals surface area contributed by atoms with Crippen LogP contribution in [0, 0.1) is 18.3 Å². The van der Waals surface area contributed by atoms with Gasteiger partial charge < -0.3 is 9.14 Å². The molecule has 0 atom stereocenters. The van der Waals surface area contributed by atoms with Crippen molar-refractivity contribution < 1.29 is 4.74 Å². The van der Waals surface area contributed by atoms with E-state index in [1.54, 1.807) is 19.4 Å². The molecule has 0 aliphatic heterocycles. The van der Waals surface area contributed by atoms with Gasteiger partial charge in [-0.25, -0.2) is 4.98 Å². The summed E-state index contributed by atoms with van der Waals surface area (Å²) in [6.45, 7) is 1.99. The predicted molar refractivity (Wildman–Crippen MR) is 86.2 cm³/mol. The normalized spacial score (nSPS) is 10.6. The third kappa shape index (κ3) is 2.40. The minimum atomic E-state index is 0.266. The SMILES string of the molecule is COc1ccc(-c2nc3ccc(Cl)cn3c2CC#N)cc1C. The average Bonchev–Trinajstić information content (AvgIpc) is 2.86. The van der Waals surface area contributed by atoms with Crippen molar-refractivity contribution in [3.8, 4) is 23.1 Å². The van der Waals surface area contributed by atoms with Crippen LogP contribution in [0.1, 0.15) is 11.3 Å². The number of ether oxygens (including phenoxy) is 1. The van der Waals surface area contributed by atoms with Crippen molar-refractivity contribution >= 4 is 17.2 Å². The maximum absolute atomic E-state index is 9.13. The topological polar surface area (TPSA) is 50.3 Å². The number of methoxy groups -OCH3 is 1. The number of benzene rings is 1. The highest BCUT2D eigenvalue weighted by molar-refractivity contribution is 6.30. The fourth-order valence-electron chi connectivity index (χ4n) is 2.57. The number of imidazole rings is 1. The van der Waals surface area contributed by atoms with E-state index in [1.165, 1.54) is 0 Å². The summed E-state index contributed by atoms with van der Waals surface area (Å²) in [5.41, 5.74) is 4.40. The Morgan fingerprint density at radius 3 is 2.82 bits per heavy atom. The summed E-state index contributed by atoms with van der Waals surface area (Å²) in [4.78, 5) is 4.65. The lowest BCUT2D eigenvalue weighted by atomic mass is 10.1. The molecule has 0 fully saturated rings. The summed E-state index contributed by atoms with van der Waals surface area (Å²) in [5.74, 6) is 0.831. The van der Waals surface area contributed by atoms with Gasteiger partial charge in [-0.05, 0) is 42.8 Å². The molecule has 22 heavy (non-hydrogen) atoms. The van der Waals surface area contributed by atoms with Crippen LogP contribution in [0.15, 0.2) is 36.5 Å². The summed E-state index contributed by atoms with van der Waals surface area (Å²) < 4.78 is 7.17. The molecule has 2 heterocycles. The Bertz CT molecular complexity index is 893. The first kappa shape index (κ1) is 14.4. The number of halogens is 1.